The topological polar surface area (TPSA) is 52.6 Å². The largest absolute Gasteiger partial charge is 0.378 e. The molecule has 21 heavy (non-hydrogen) atoms. The molecule has 0 aliphatic rings. The van der Waals surface area contributed by atoms with Crippen LogP contribution in [0.2, 0.25) is 0 Å². The zero-order chi connectivity index (χ0) is 15.8. The number of amides is 1. The minimum absolute atomic E-state index is 0.289. The summed E-state index contributed by atoms with van der Waals surface area (Å²) in [5, 5.41) is 8.70. The van der Waals surface area contributed by atoms with Crippen molar-refractivity contribution in [3.63, 3.8) is 0 Å². The fraction of sp³-hybridized carbons (Fsp3) is 0.312. The summed E-state index contributed by atoms with van der Waals surface area (Å²) in [7, 11) is 4.04. The van der Waals surface area contributed by atoms with Gasteiger partial charge in [0, 0.05) is 36.0 Å². The van der Waals surface area contributed by atoms with Crippen molar-refractivity contribution in [1.82, 2.24) is 5.48 Å². The average molecular weight is 306 g/mol. The van der Waals surface area contributed by atoms with E-state index in [1.165, 1.54) is 16.7 Å². The Kier molecular flexibility index (Phi) is 7.05. The predicted molar refractivity (Wildman–Crippen MR) is 88.9 cm³/mol. The molecule has 1 atom stereocenters. The zero-order valence-corrected chi connectivity index (χ0v) is 13.6. The Morgan fingerprint density at radius 2 is 1.90 bits per heavy atom. The van der Waals surface area contributed by atoms with E-state index in [4.69, 9.17) is 5.21 Å². The van der Waals surface area contributed by atoms with Gasteiger partial charge in [0.15, 0.2) is 0 Å². The van der Waals surface area contributed by atoms with Gasteiger partial charge in [-0.25, -0.2) is 5.48 Å². The lowest BCUT2D eigenvalue weighted by molar-refractivity contribution is -0.124. The van der Waals surface area contributed by atoms with E-state index in [2.05, 4.69) is 42.2 Å². The highest BCUT2D eigenvalue weighted by atomic mass is 32.2. The molecule has 0 bridgehead atoms. The summed E-state index contributed by atoms with van der Waals surface area (Å²) in [5.41, 5.74) is 3.72. The fourth-order valence-corrected chi connectivity index (χ4v) is 2.75. The molecular weight excluding hydrogens is 284 g/mol. The molecule has 1 unspecified atom stereocenters. The third-order valence-electron chi connectivity index (χ3n) is 2.78. The summed E-state index contributed by atoms with van der Waals surface area (Å²) in [6, 6.07) is 8.40. The van der Waals surface area contributed by atoms with Crippen molar-refractivity contribution >= 4 is 23.4 Å². The molecule has 0 saturated heterocycles. The van der Waals surface area contributed by atoms with Crippen LogP contribution >= 0.6 is 11.8 Å². The third kappa shape index (κ3) is 6.51. The number of thioether (sulfide) groups is 1. The second-order valence-electron chi connectivity index (χ2n) is 4.93. The van der Waals surface area contributed by atoms with E-state index in [0.29, 0.717) is 0 Å². The van der Waals surface area contributed by atoms with Gasteiger partial charge in [-0.3, -0.25) is 10.0 Å². The number of carbonyl (C=O) groups excluding carboxylic acids is 1. The minimum atomic E-state index is -0.526. The molecule has 1 aromatic carbocycles. The van der Waals surface area contributed by atoms with E-state index in [1.54, 1.807) is 23.3 Å². The van der Waals surface area contributed by atoms with Gasteiger partial charge in [0.1, 0.15) is 0 Å². The second-order valence-corrected chi connectivity index (χ2v) is 6.38. The number of rotatable bonds is 6. The Bertz CT molecular complexity index is 522. The van der Waals surface area contributed by atoms with E-state index in [9.17, 15) is 4.79 Å². The summed E-state index contributed by atoms with van der Waals surface area (Å²) in [5.74, 6) is -0.526. The molecular formula is C16H22N2O2S. The van der Waals surface area contributed by atoms with Gasteiger partial charge >= 0.3 is 0 Å². The Morgan fingerprint density at radius 1 is 1.29 bits per heavy atom. The highest BCUT2D eigenvalue weighted by molar-refractivity contribution is 8.00. The first kappa shape index (κ1) is 17.3. The van der Waals surface area contributed by atoms with E-state index in [-0.39, 0.29) is 5.25 Å². The van der Waals surface area contributed by atoms with E-state index >= 15 is 0 Å². The van der Waals surface area contributed by atoms with Crippen LogP contribution in [0.1, 0.15) is 13.8 Å². The van der Waals surface area contributed by atoms with Crippen LogP contribution in [0.4, 0.5) is 5.69 Å². The maximum absolute atomic E-state index is 10.9. The average Bonchev–Trinajstić information content (AvgIpc) is 2.45. The van der Waals surface area contributed by atoms with Crippen LogP contribution < -0.4 is 10.4 Å². The number of hydrogen-bond donors (Lipinski definition) is 2. The van der Waals surface area contributed by atoms with Crippen molar-refractivity contribution in [2.24, 2.45) is 0 Å². The number of anilines is 1. The van der Waals surface area contributed by atoms with Gasteiger partial charge in [0.2, 0.25) is 0 Å². The Morgan fingerprint density at radius 3 is 2.43 bits per heavy atom. The lowest BCUT2D eigenvalue weighted by Gasteiger charge is -2.13. The minimum Gasteiger partial charge on any atom is -0.378 e. The van der Waals surface area contributed by atoms with Crippen LogP contribution in [0.15, 0.2) is 53.0 Å². The Hall–Kier alpha value is -1.72. The van der Waals surface area contributed by atoms with E-state index in [1.807, 2.05) is 21.0 Å². The van der Waals surface area contributed by atoms with Crippen LogP contribution in [-0.2, 0) is 4.79 Å². The first-order chi connectivity index (χ1) is 9.92. The summed E-state index contributed by atoms with van der Waals surface area (Å²) in [6.07, 6.45) is 5.05. The highest BCUT2D eigenvalue weighted by Crippen LogP contribution is 2.26. The van der Waals surface area contributed by atoms with Gasteiger partial charge in [-0.1, -0.05) is 17.7 Å². The van der Waals surface area contributed by atoms with Gasteiger partial charge in [0.05, 0.1) is 0 Å². The standard InChI is InChI=1S/C16H22N2O2S/c1-12(5-10-16(19)17-20)11-13(2)21-15-8-6-14(7-9-15)18(3)4/h5-11,13,20H,1-4H3,(H,17,19). The van der Waals surface area contributed by atoms with E-state index in [0.717, 1.165) is 5.57 Å². The molecule has 0 aromatic heterocycles. The number of benzene rings is 1. The summed E-state index contributed by atoms with van der Waals surface area (Å²) >= 11 is 1.75. The summed E-state index contributed by atoms with van der Waals surface area (Å²) < 4.78 is 0. The van der Waals surface area contributed by atoms with Gasteiger partial charge < -0.3 is 4.90 Å². The number of allylic oxidation sites excluding steroid dienone is 2. The predicted octanol–water partition coefficient (Wildman–Crippen LogP) is 3.24. The molecule has 114 valence electrons. The van der Waals surface area contributed by atoms with Crippen LogP contribution in [0.5, 0.6) is 0 Å². The molecule has 0 aliphatic heterocycles. The summed E-state index contributed by atoms with van der Waals surface area (Å²) in [4.78, 5) is 14.2. The van der Waals surface area contributed by atoms with Gasteiger partial charge in [-0.2, -0.15) is 0 Å². The van der Waals surface area contributed by atoms with Crippen molar-refractivity contribution in [3.8, 4) is 0 Å². The lowest BCUT2D eigenvalue weighted by Crippen LogP contribution is -2.14. The number of carbonyl (C=O) groups is 1. The molecule has 4 nitrogen and oxygen atoms in total. The molecule has 0 heterocycles. The maximum Gasteiger partial charge on any atom is 0.267 e. The van der Waals surface area contributed by atoms with E-state index < -0.39 is 5.91 Å². The molecule has 0 fully saturated rings. The Labute approximate surface area is 130 Å². The van der Waals surface area contributed by atoms with Crippen LogP contribution in [0.25, 0.3) is 0 Å². The number of nitrogens with one attached hydrogen (secondary N) is 1. The van der Waals surface area contributed by atoms with Crippen molar-refractivity contribution in [1.29, 1.82) is 0 Å². The van der Waals surface area contributed by atoms with Crippen molar-refractivity contribution in [3.05, 3.63) is 48.1 Å². The summed E-state index contributed by atoms with van der Waals surface area (Å²) in [6.45, 7) is 4.03. The highest BCUT2D eigenvalue weighted by Gasteiger charge is 2.02. The number of nitrogens with zero attached hydrogens (tertiary/aromatic N) is 1. The van der Waals surface area contributed by atoms with Crippen LogP contribution in [0.3, 0.4) is 0 Å². The van der Waals surface area contributed by atoms with Gasteiger partial charge in [-0.15, -0.1) is 11.8 Å². The van der Waals surface area contributed by atoms with Crippen molar-refractivity contribution in [2.45, 2.75) is 24.0 Å². The molecule has 1 rings (SSSR count). The number of hydrogen-bond acceptors (Lipinski definition) is 4. The monoisotopic (exact) mass is 306 g/mol. The normalized spacial score (nSPS) is 13.3. The molecule has 0 spiro atoms. The van der Waals surface area contributed by atoms with Crippen molar-refractivity contribution < 1.29 is 10.0 Å². The Balaban J connectivity index is 2.61. The molecule has 0 radical (unpaired) electrons. The van der Waals surface area contributed by atoms with Crippen LogP contribution in [-0.4, -0.2) is 30.5 Å². The first-order valence-corrected chi connectivity index (χ1v) is 7.55. The van der Waals surface area contributed by atoms with Gasteiger partial charge in [0.25, 0.3) is 5.91 Å². The maximum atomic E-state index is 10.9. The zero-order valence-electron chi connectivity index (χ0n) is 12.8. The third-order valence-corrected chi connectivity index (χ3v) is 3.83. The molecule has 0 saturated carbocycles. The molecule has 5 heteroatoms. The number of hydroxylamine groups is 1. The molecule has 0 aliphatic carbocycles. The molecule has 1 aromatic rings. The quantitative estimate of drug-likeness (QED) is 0.278. The smallest absolute Gasteiger partial charge is 0.267 e. The van der Waals surface area contributed by atoms with Crippen LogP contribution in [0, 0.1) is 0 Å². The van der Waals surface area contributed by atoms with Gasteiger partial charge in [-0.05, 0) is 38.1 Å². The SMILES string of the molecule is CC(C=CC(=O)NO)=CC(C)Sc1ccc(N(C)C)cc1. The lowest BCUT2D eigenvalue weighted by atomic mass is 10.2. The second kappa shape index (κ2) is 8.54. The fourth-order valence-electron chi connectivity index (χ4n) is 1.74. The molecule has 1 amide bonds. The first-order valence-electron chi connectivity index (χ1n) is 6.67. The molecule has 2 N–H and O–H groups in total. The van der Waals surface area contributed by atoms with Crippen molar-refractivity contribution in [2.75, 3.05) is 19.0 Å².